The summed E-state index contributed by atoms with van der Waals surface area (Å²) in [6, 6.07) is 18.4. The summed E-state index contributed by atoms with van der Waals surface area (Å²) in [6.07, 6.45) is 4.73. The molecule has 162 valence electrons. The van der Waals surface area contributed by atoms with E-state index in [1.165, 1.54) is 11.0 Å². The van der Waals surface area contributed by atoms with Crippen LogP contribution in [0.25, 0.3) is 17.0 Å². The molecule has 0 radical (unpaired) electrons. The number of nitriles is 1. The first-order valence-corrected chi connectivity index (χ1v) is 10.2. The van der Waals surface area contributed by atoms with Gasteiger partial charge in [0.15, 0.2) is 6.61 Å². The van der Waals surface area contributed by atoms with E-state index < -0.39 is 18.5 Å². The van der Waals surface area contributed by atoms with Crippen LogP contribution in [0.15, 0.2) is 66.9 Å². The number of para-hydroxylation sites is 1. The van der Waals surface area contributed by atoms with Gasteiger partial charge in [0.05, 0.1) is 24.6 Å². The second-order valence-electron chi connectivity index (χ2n) is 6.74. The lowest BCUT2D eigenvalue weighted by Gasteiger charge is -2.21. The van der Waals surface area contributed by atoms with Crippen molar-refractivity contribution in [3.8, 4) is 11.8 Å². The summed E-state index contributed by atoms with van der Waals surface area (Å²) in [5.41, 5.74) is 2.15. The molecule has 0 saturated heterocycles. The van der Waals surface area contributed by atoms with Crippen LogP contribution in [0.5, 0.6) is 5.75 Å². The molecule has 32 heavy (non-hydrogen) atoms. The molecule has 3 aromatic rings. The maximum absolute atomic E-state index is 12.7. The third-order valence-electron chi connectivity index (χ3n) is 4.61. The fourth-order valence-electron chi connectivity index (χ4n) is 3.13. The first-order chi connectivity index (χ1) is 15.6. The highest BCUT2D eigenvalue weighted by molar-refractivity contribution is 5.97. The van der Waals surface area contributed by atoms with Gasteiger partial charge in [-0.2, -0.15) is 5.26 Å². The SMILES string of the molecule is CCOc1ccc(N(CCC#N)C(=O)COC(=O)C=Cc2cccc3cccnc23)cc1. The Bertz CT molecular complexity index is 1140. The van der Waals surface area contributed by atoms with E-state index in [0.717, 1.165) is 16.5 Å². The molecule has 1 amide bonds. The van der Waals surface area contributed by atoms with Crippen LogP contribution in [0, 0.1) is 11.3 Å². The van der Waals surface area contributed by atoms with Gasteiger partial charge in [-0.15, -0.1) is 0 Å². The predicted molar refractivity (Wildman–Crippen MR) is 122 cm³/mol. The number of esters is 1. The monoisotopic (exact) mass is 429 g/mol. The Labute approximate surface area is 186 Å². The van der Waals surface area contributed by atoms with Crippen molar-refractivity contribution >= 4 is 34.5 Å². The smallest absolute Gasteiger partial charge is 0.331 e. The molecule has 0 aliphatic carbocycles. The third-order valence-corrected chi connectivity index (χ3v) is 4.61. The van der Waals surface area contributed by atoms with E-state index in [2.05, 4.69) is 4.98 Å². The maximum Gasteiger partial charge on any atom is 0.331 e. The van der Waals surface area contributed by atoms with Gasteiger partial charge in [0.25, 0.3) is 5.91 Å². The molecule has 0 unspecified atom stereocenters. The number of anilines is 1. The maximum atomic E-state index is 12.7. The van der Waals surface area contributed by atoms with E-state index in [9.17, 15) is 9.59 Å². The number of pyridine rings is 1. The summed E-state index contributed by atoms with van der Waals surface area (Å²) in [5, 5.41) is 9.88. The lowest BCUT2D eigenvalue weighted by molar-refractivity contribution is -0.142. The van der Waals surface area contributed by atoms with Crippen molar-refractivity contribution in [2.75, 3.05) is 24.7 Å². The van der Waals surface area contributed by atoms with Crippen LogP contribution in [0.3, 0.4) is 0 Å². The number of ether oxygens (including phenoxy) is 2. The van der Waals surface area contributed by atoms with E-state index in [4.69, 9.17) is 14.7 Å². The molecule has 0 spiro atoms. The lowest BCUT2D eigenvalue weighted by Crippen LogP contribution is -2.35. The molecule has 7 nitrogen and oxygen atoms in total. The molecule has 0 saturated carbocycles. The number of carbonyl (C=O) groups is 2. The molecule has 1 aromatic heterocycles. The molecular weight excluding hydrogens is 406 g/mol. The molecule has 7 heteroatoms. The lowest BCUT2D eigenvalue weighted by atomic mass is 10.1. The largest absolute Gasteiger partial charge is 0.494 e. The second kappa shape index (κ2) is 11.3. The number of hydrogen-bond donors (Lipinski definition) is 0. The molecule has 1 heterocycles. The number of carbonyl (C=O) groups excluding carboxylic acids is 2. The number of rotatable bonds is 9. The van der Waals surface area contributed by atoms with E-state index in [-0.39, 0.29) is 13.0 Å². The average molecular weight is 429 g/mol. The predicted octanol–water partition coefficient (Wildman–Crippen LogP) is 4.14. The first-order valence-electron chi connectivity index (χ1n) is 10.2. The quantitative estimate of drug-likeness (QED) is 0.375. The van der Waals surface area contributed by atoms with Gasteiger partial charge in [0.2, 0.25) is 0 Å². The van der Waals surface area contributed by atoms with Crippen molar-refractivity contribution in [1.82, 2.24) is 4.98 Å². The molecular formula is C25H23N3O4. The minimum Gasteiger partial charge on any atom is -0.494 e. The van der Waals surface area contributed by atoms with Crippen LogP contribution >= 0.6 is 0 Å². The fourth-order valence-corrected chi connectivity index (χ4v) is 3.13. The van der Waals surface area contributed by atoms with E-state index in [1.54, 1.807) is 36.5 Å². The molecule has 2 aromatic carbocycles. The highest BCUT2D eigenvalue weighted by atomic mass is 16.5. The summed E-state index contributed by atoms with van der Waals surface area (Å²) >= 11 is 0. The molecule has 0 N–H and O–H groups in total. The summed E-state index contributed by atoms with van der Waals surface area (Å²) in [7, 11) is 0. The zero-order valence-electron chi connectivity index (χ0n) is 17.7. The third kappa shape index (κ3) is 5.92. The number of nitrogens with zero attached hydrogens (tertiary/aromatic N) is 3. The van der Waals surface area contributed by atoms with Crippen LogP contribution in [0.1, 0.15) is 18.9 Å². The van der Waals surface area contributed by atoms with Gasteiger partial charge in [-0.1, -0.05) is 24.3 Å². The summed E-state index contributed by atoms with van der Waals surface area (Å²) in [4.78, 5) is 30.6. The fraction of sp³-hybridized carbons (Fsp3) is 0.200. The number of fused-ring (bicyclic) bond motifs is 1. The number of amides is 1. The second-order valence-corrected chi connectivity index (χ2v) is 6.74. The van der Waals surface area contributed by atoms with E-state index in [0.29, 0.717) is 18.0 Å². The highest BCUT2D eigenvalue weighted by Crippen LogP contribution is 2.20. The summed E-state index contributed by atoms with van der Waals surface area (Å²) in [6.45, 7) is 2.18. The van der Waals surface area contributed by atoms with Crippen molar-refractivity contribution in [3.05, 3.63) is 72.4 Å². The molecule has 0 atom stereocenters. The Balaban J connectivity index is 1.64. The van der Waals surface area contributed by atoms with Crippen LogP contribution < -0.4 is 9.64 Å². The zero-order chi connectivity index (χ0) is 22.8. The number of hydrogen-bond acceptors (Lipinski definition) is 6. The Hall–Kier alpha value is -4.18. The normalized spacial score (nSPS) is 10.6. The summed E-state index contributed by atoms with van der Waals surface area (Å²) < 4.78 is 10.6. The van der Waals surface area contributed by atoms with Crippen molar-refractivity contribution < 1.29 is 19.1 Å². The van der Waals surface area contributed by atoms with Gasteiger partial charge in [-0.25, -0.2) is 4.79 Å². The molecule has 0 fully saturated rings. The first kappa shape index (κ1) is 22.5. The van der Waals surface area contributed by atoms with Crippen LogP contribution in [-0.2, 0) is 14.3 Å². The van der Waals surface area contributed by atoms with E-state index >= 15 is 0 Å². The van der Waals surface area contributed by atoms with Gasteiger partial charge in [-0.3, -0.25) is 9.78 Å². The van der Waals surface area contributed by atoms with Crippen molar-refractivity contribution in [2.24, 2.45) is 0 Å². The van der Waals surface area contributed by atoms with Gasteiger partial charge >= 0.3 is 5.97 Å². The topological polar surface area (TPSA) is 92.5 Å². The number of benzene rings is 2. The van der Waals surface area contributed by atoms with Gasteiger partial charge in [0, 0.05) is 35.5 Å². The summed E-state index contributed by atoms with van der Waals surface area (Å²) in [5.74, 6) is -0.375. The molecule has 0 aliphatic heterocycles. The minimum atomic E-state index is -0.641. The Morgan fingerprint density at radius 2 is 1.91 bits per heavy atom. The van der Waals surface area contributed by atoms with Crippen LogP contribution in [-0.4, -0.2) is 36.6 Å². The number of aromatic nitrogens is 1. The van der Waals surface area contributed by atoms with E-state index in [1.807, 2.05) is 43.3 Å². The highest BCUT2D eigenvalue weighted by Gasteiger charge is 2.17. The Kier molecular flexibility index (Phi) is 7.93. The minimum absolute atomic E-state index is 0.154. The zero-order valence-corrected chi connectivity index (χ0v) is 17.7. The average Bonchev–Trinajstić information content (AvgIpc) is 2.82. The Morgan fingerprint density at radius 3 is 2.66 bits per heavy atom. The Morgan fingerprint density at radius 1 is 1.12 bits per heavy atom. The standard InChI is InChI=1S/C25H23N3O4/c1-2-31-22-12-10-21(11-13-22)28(17-5-15-26)23(29)18-32-24(30)14-9-20-7-3-6-19-8-4-16-27-25(19)20/h3-4,6-14,16H,2,5,17-18H2,1H3. The van der Waals surface area contributed by atoms with Crippen molar-refractivity contribution in [2.45, 2.75) is 13.3 Å². The van der Waals surface area contributed by atoms with Gasteiger partial charge in [-0.05, 0) is 43.3 Å². The van der Waals surface area contributed by atoms with Crippen molar-refractivity contribution in [3.63, 3.8) is 0 Å². The molecule has 0 bridgehead atoms. The van der Waals surface area contributed by atoms with Crippen molar-refractivity contribution in [1.29, 1.82) is 5.26 Å². The van der Waals surface area contributed by atoms with Gasteiger partial charge < -0.3 is 14.4 Å². The van der Waals surface area contributed by atoms with Crippen LogP contribution in [0.4, 0.5) is 5.69 Å². The van der Waals surface area contributed by atoms with Crippen LogP contribution in [0.2, 0.25) is 0 Å². The van der Waals surface area contributed by atoms with Gasteiger partial charge in [0.1, 0.15) is 5.75 Å². The molecule has 3 rings (SSSR count). The molecule has 0 aliphatic rings.